The van der Waals surface area contributed by atoms with E-state index < -0.39 is 5.41 Å². The molecule has 5 nitrogen and oxygen atoms in total. The van der Waals surface area contributed by atoms with Gasteiger partial charge in [-0.1, -0.05) is 39.3 Å². The molecule has 1 fully saturated rings. The molecule has 3 rings (SSSR count). The lowest BCUT2D eigenvalue weighted by atomic mass is 9.85. The molecule has 2 amide bonds. The number of nitrogens with one attached hydrogen (secondary N) is 2. The Morgan fingerprint density at radius 1 is 1.12 bits per heavy atom. The molecular formula is C19H23N3O2S. The first-order chi connectivity index (χ1) is 11.8. The fraction of sp³-hybridized carbons (Fsp3) is 0.421. The Morgan fingerprint density at radius 2 is 1.80 bits per heavy atom. The zero-order chi connectivity index (χ0) is 18.0. The maximum atomic E-state index is 12.0. The van der Waals surface area contributed by atoms with Gasteiger partial charge in [-0.05, 0) is 25.0 Å². The van der Waals surface area contributed by atoms with Gasteiger partial charge in [0, 0.05) is 28.0 Å². The molecule has 0 radical (unpaired) electrons. The molecule has 1 aliphatic carbocycles. The van der Waals surface area contributed by atoms with Gasteiger partial charge in [-0.25, -0.2) is 4.98 Å². The van der Waals surface area contributed by atoms with Gasteiger partial charge in [0.05, 0.1) is 5.69 Å². The number of carbonyl (C=O) groups excluding carboxylic acids is 2. The molecule has 1 saturated carbocycles. The first-order valence-electron chi connectivity index (χ1n) is 8.51. The Bertz CT molecular complexity index is 771. The molecule has 1 heterocycles. The van der Waals surface area contributed by atoms with Crippen LogP contribution in [0.5, 0.6) is 0 Å². The number of rotatable bonds is 4. The molecule has 0 saturated heterocycles. The smallest absolute Gasteiger partial charge is 0.229 e. The Balaban J connectivity index is 1.64. The molecular weight excluding hydrogens is 334 g/mol. The molecule has 2 N–H and O–H groups in total. The van der Waals surface area contributed by atoms with E-state index in [1.54, 1.807) is 0 Å². The molecule has 132 valence electrons. The number of carbonyl (C=O) groups is 2. The molecule has 1 aromatic heterocycles. The van der Waals surface area contributed by atoms with Crippen LogP contribution in [0.1, 0.15) is 40.0 Å². The highest BCUT2D eigenvalue weighted by Crippen LogP contribution is 2.30. The number of nitrogens with zero attached hydrogens (tertiary/aromatic N) is 1. The van der Waals surface area contributed by atoms with E-state index in [1.807, 2.05) is 50.4 Å². The minimum atomic E-state index is -0.429. The van der Waals surface area contributed by atoms with E-state index in [9.17, 15) is 9.59 Å². The van der Waals surface area contributed by atoms with E-state index in [0.717, 1.165) is 36.2 Å². The summed E-state index contributed by atoms with van der Waals surface area (Å²) >= 11 is 1.43. The van der Waals surface area contributed by atoms with Gasteiger partial charge in [0.2, 0.25) is 11.8 Å². The SMILES string of the molecule is CC(C)(C)C(=O)Nc1ccc(-c2csc(NC(=O)C3CCC3)n2)cc1. The molecule has 0 bridgehead atoms. The van der Waals surface area contributed by atoms with Crippen molar-refractivity contribution in [1.82, 2.24) is 4.98 Å². The van der Waals surface area contributed by atoms with Gasteiger partial charge in [-0.3, -0.25) is 9.59 Å². The summed E-state index contributed by atoms with van der Waals surface area (Å²) in [7, 11) is 0. The highest BCUT2D eigenvalue weighted by atomic mass is 32.1. The Kier molecular flexibility index (Phi) is 4.90. The third-order valence-corrected chi connectivity index (χ3v) is 5.09. The third-order valence-electron chi connectivity index (χ3n) is 4.33. The van der Waals surface area contributed by atoms with Gasteiger partial charge in [-0.2, -0.15) is 0 Å². The number of thiazole rings is 1. The van der Waals surface area contributed by atoms with E-state index in [1.165, 1.54) is 11.3 Å². The van der Waals surface area contributed by atoms with E-state index >= 15 is 0 Å². The van der Waals surface area contributed by atoms with E-state index in [0.29, 0.717) is 5.13 Å². The lowest BCUT2D eigenvalue weighted by Gasteiger charge is -2.23. The zero-order valence-corrected chi connectivity index (χ0v) is 15.6. The second kappa shape index (κ2) is 6.96. The Hall–Kier alpha value is -2.21. The van der Waals surface area contributed by atoms with Gasteiger partial charge < -0.3 is 10.6 Å². The summed E-state index contributed by atoms with van der Waals surface area (Å²) in [5, 5.41) is 8.37. The summed E-state index contributed by atoms with van der Waals surface area (Å²) in [5.74, 6) is 0.209. The summed E-state index contributed by atoms with van der Waals surface area (Å²) < 4.78 is 0. The Labute approximate surface area is 151 Å². The van der Waals surface area contributed by atoms with Crippen LogP contribution in [0.25, 0.3) is 11.3 Å². The lowest BCUT2D eigenvalue weighted by molar-refractivity contribution is -0.123. The van der Waals surface area contributed by atoms with Crippen molar-refractivity contribution >= 4 is 34.0 Å². The monoisotopic (exact) mass is 357 g/mol. The van der Waals surface area contributed by atoms with Gasteiger partial charge in [0.25, 0.3) is 0 Å². The van der Waals surface area contributed by atoms with Crippen LogP contribution in [0.4, 0.5) is 10.8 Å². The van der Waals surface area contributed by atoms with Crippen molar-refractivity contribution in [3.8, 4) is 11.3 Å². The van der Waals surface area contributed by atoms with Crippen LogP contribution in [0.3, 0.4) is 0 Å². The molecule has 0 unspecified atom stereocenters. The average Bonchev–Trinajstić information content (AvgIpc) is 2.93. The molecule has 1 aliphatic rings. The maximum Gasteiger partial charge on any atom is 0.229 e. The minimum Gasteiger partial charge on any atom is -0.326 e. The highest BCUT2D eigenvalue weighted by Gasteiger charge is 2.25. The molecule has 25 heavy (non-hydrogen) atoms. The van der Waals surface area contributed by atoms with Crippen LogP contribution < -0.4 is 10.6 Å². The van der Waals surface area contributed by atoms with Crippen LogP contribution in [0.2, 0.25) is 0 Å². The second-order valence-corrected chi connectivity index (χ2v) is 8.29. The predicted octanol–water partition coefficient (Wildman–Crippen LogP) is 4.53. The molecule has 2 aromatic rings. The van der Waals surface area contributed by atoms with Crippen LogP contribution in [0, 0.1) is 11.3 Å². The summed E-state index contributed by atoms with van der Waals surface area (Å²) in [4.78, 5) is 28.5. The minimum absolute atomic E-state index is 0.0186. The molecule has 1 aromatic carbocycles. The summed E-state index contributed by atoms with van der Waals surface area (Å²) in [6.45, 7) is 5.64. The van der Waals surface area contributed by atoms with Gasteiger partial charge in [0.1, 0.15) is 0 Å². The van der Waals surface area contributed by atoms with Crippen molar-refractivity contribution in [2.45, 2.75) is 40.0 Å². The summed E-state index contributed by atoms with van der Waals surface area (Å²) in [6.07, 6.45) is 3.09. The third kappa shape index (κ3) is 4.25. The molecule has 6 heteroatoms. The fourth-order valence-electron chi connectivity index (χ4n) is 2.38. The number of aromatic nitrogens is 1. The van der Waals surface area contributed by atoms with Crippen LogP contribution in [0.15, 0.2) is 29.6 Å². The number of anilines is 2. The van der Waals surface area contributed by atoms with Crippen LogP contribution >= 0.6 is 11.3 Å². The first kappa shape index (κ1) is 17.6. The van der Waals surface area contributed by atoms with Crippen molar-refractivity contribution < 1.29 is 9.59 Å². The maximum absolute atomic E-state index is 12.0. The standard InChI is InChI=1S/C19H23N3O2S/c1-19(2,3)17(24)20-14-9-7-12(8-10-14)15-11-25-18(21-15)22-16(23)13-5-4-6-13/h7-11,13H,4-6H2,1-3H3,(H,20,24)(H,21,22,23). The van der Waals surface area contributed by atoms with Crippen molar-refractivity contribution in [2.24, 2.45) is 11.3 Å². The summed E-state index contributed by atoms with van der Waals surface area (Å²) in [6, 6.07) is 7.57. The van der Waals surface area contributed by atoms with Gasteiger partial charge in [-0.15, -0.1) is 11.3 Å². The van der Waals surface area contributed by atoms with Gasteiger partial charge in [0.15, 0.2) is 5.13 Å². The largest absolute Gasteiger partial charge is 0.326 e. The number of benzene rings is 1. The van der Waals surface area contributed by atoms with E-state index in [4.69, 9.17) is 0 Å². The van der Waals surface area contributed by atoms with Crippen LogP contribution in [-0.4, -0.2) is 16.8 Å². The predicted molar refractivity (Wildman–Crippen MR) is 102 cm³/mol. The van der Waals surface area contributed by atoms with Crippen molar-refractivity contribution in [3.63, 3.8) is 0 Å². The number of hydrogen-bond donors (Lipinski definition) is 2. The lowest BCUT2D eigenvalue weighted by Crippen LogP contribution is -2.27. The van der Waals surface area contributed by atoms with Gasteiger partial charge >= 0.3 is 0 Å². The fourth-order valence-corrected chi connectivity index (χ4v) is 3.11. The average molecular weight is 357 g/mol. The van der Waals surface area contributed by atoms with E-state index in [2.05, 4.69) is 15.6 Å². The number of amides is 2. The molecule has 0 aliphatic heterocycles. The number of hydrogen-bond acceptors (Lipinski definition) is 4. The van der Waals surface area contributed by atoms with Crippen LogP contribution in [-0.2, 0) is 9.59 Å². The normalized spacial score (nSPS) is 14.7. The topological polar surface area (TPSA) is 71.1 Å². The second-order valence-electron chi connectivity index (χ2n) is 7.44. The molecule has 0 spiro atoms. The summed E-state index contributed by atoms with van der Waals surface area (Å²) in [5.41, 5.74) is 2.11. The highest BCUT2D eigenvalue weighted by molar-refractivity contribution is 7.14. The van der Waals surface area contributed by atoms with Crippen molar-refractivity contribution in [3.05, 3.63) is 29.6 Å². The van der Waals surface area contributed by atoms with Crippen molar-refractivity contribution in [2.75, 3.05) is 10.6 Å². The first-order valence-corrected chi connectivity index (χ1v) is 9.39. The van der Waals surface area contributed by atoms with Crippen molar-refractivity contribution in [1.29, 1.82) is 0 Å². The molecule has 0 atom stereocenters. The Morgan fingerprint density at radius 3 is 2.36 bits per heavy atom. The zero-order valence-electron chi connectivity index (χ0n) is 14.8. The van der Waals surface area contributed by atoms with E-state index in [-0.39, 0.29) is 17.7 Å². The quantitative estimate of drug-likeness (QED) is 0.844.